The van der Waals surface area contributed by atoms with Crippen LogP contribution in [0.2, 0.25) is 0 Å². The highest BCUT2D eigenvalue weighted by atomic mass is 19.3. The standard InChI is InChI=1S/C30H38F3N3O2/c31-25-5-3-4-23(17-25)26-20-36(27(29(37)38)16-22-7-8-22)19-24(26)18-35-14-10-21(11-15-35)9-12-30(32,33)28-6-1-2-13-34-28/h1-6,13,17,21-22,24,26-27H,7-12,14-16,18-20H2,(H,37,38)/t24-,26+,27+/m0/s1. The molecular weight excluding hydrogens is 491 g/mol. The molecule has 3 heterocycles. The Morgan fingerprint density at radius 2 is 1.84 bits per heavy atom. The van der Waals surface area contributed by atoms with Gasteiger partial charge in [0.2, 0.25) is 0 Å². The molecule has 5 nitrogen and oxygen atoms in total. The second kappa shape index (κ2) is 11.7. The van der Waals surface area contributed by atoms with Crippen LogP contribution in [0.1, 0.15) is 62.1 Å². The van der Waals surface area contributed by atoms with Gasteiger partial charge in [-0.15, -0.1) is 0 Å². The molecule has 1 N–H and O–H groups in total. The molecule has 3 fully saturated rings. The lowest BCUT2D eigenvalue weighted by molar-refractivity contribution is -0.143. The van der Waals surface area contributed by atoms with Crippen LogP contribution in [0.4, 0.5) is 13.2 Å². The van der Waals surface area contributed by atoms with Crippen LogP contribution in [-0.2, 0) is 10.7 Å². The number of aromatic nitrogens is 1. The molecule has 1 saturated carbocycles. The van der Waals surface area contributed by atoms with Crippen molar-refractivity contribution in [1.29, 1.82) is 0 Å². The normalized spacial score (nSPS) is 24.5. The van der Waals surface area contributed by atoms with E-state index in [1.54, 1.807) is 24.3 Å². The Labute approximate surface area is 223 Å². The number of halogens is 3. The Balaban J connectivity index is 1.18. The van der Waals surface area contributed by atoms with Crippen molar-refractivity contribution in [2.75, 3.05) is 32.7 Å². The summed E-state index contributed by atoms with van der Waals surface area (Å²) in [6.45, 7) is 3.80. The van der Waals surface area contributed by atoms with E-state index in [1.807, 2.05) is 6.07 Å². The number of benzene rings is 1. The van der Waals surface area contributed by atoms with E-state index in [2.05, 4.69) is 14.8 Å². The smallest absolute Gasteiger partial charge is 0.320 e. The molecule has 1 aliphatic carbocycles. The van der Waals surface area contributed by atoms with Crippen LogP contribution < -0.4 is 0 Å². The highest BCUT2D eigenvalue weighted by molar-refractivity contribution is 5.73. The molecule has 206 valence electrons. The minimum absolute atomic E-state index is 0.0709. The first-order valence-corrected chi connectivity index (χ1v) is 14.0. The maximum Gasteiger partial charge on any atom is 0.320 e. The first-order chi connectivity index (χ1) is 18.3. The molecule has 38 heavy (non-hydrogen) atoms. The fraction of sp³-hybridized carbons (Fsp3) is 0.600. The Kier molecular flexibility index (Phi) is 8.38. The number of carbonyl (C=O) groups is 1. The summed E-state index contributed by atoms with van der Waals surface area (Å²) < 4.78 is 43.3. The number of nitrogens with zero attached hydrogens (tertiary/aromatic N) is 3. The van der Waals surface area contributed by atoms with Gasteiger partial charge in [-0.25, -0.2) is 4.39 Å². The van der Waals surface area contributed by atoms with Gasteiger partial charge in [0.25, 0.3) is 5.92 Å². The summed E-state index contributed by atoms with van der Waals surface area (Å²) in [5.41, 5.74) is 0.771. The molecule has 1 aromatic carbocycles. The number of carboxylic acid groups (broad SMARTS) is 1. The van der Waals surface area contributed by atoms with Crippen molar-refractivity contribution in [1.82, 2.24) is 14.8 Å². The fourth-order valence-corrected chi connectivity index (χ4v) is 6.42. The van der Waals surface area contributed by atoms with Gasteiger partial charge in [-0.3, -0.25) is 14.7 Å². The summed E-state index contributed by atoms with van der Waals surface area (Å²) in [5, 5.41) is 9.96. The zero-order valence-electron chi connectivity index (χ0n) is 21.8. The lowest BCUT2D eigenvalue weighted by atomic mass is 9.86. The quantitative estimate of drug-likeness (QED) is 0.400. The topological polar surface area (TPSA) is 56.7 Å². The number of likely N-dealkylation sites (tertiary alicyclic amines) is 2. The van der Waals surface area contributed by atoms with Gasteiger partial charge in [-0.2, -0.15) is 8.78 Å². The van der Waals surface area contributed by atoms with Crippen molar-refractivity contribution in [3.05, 3.63) is 65.7 Å². The van der Waals surface area contributed by atoms with Crippen molar-refractivity contribution in [3.8, 4) is 0 Å². The number of alkyl halides is 2. The molecule has 8 heteroatoms. The maximum atomic E-state index is 14.6. The second-order valence-corrected chi connectivity index (χ2v) is 11.6. The lowest BCUT2D eigenvalue weighted by Crippen LogP contribution is -2.42. The first-order valence-electron chi connectivity index (χ1n) is 14.0. The highest BCUT2D eigenvalue weighted by Gasteiger charge is 2.42. The molecule has 0 unspecified atom stereocenters. The van der Waals surface area contributed by atoms with E-state index in [0.717, 1.165) is 50.9 Å². The molecule has 2 saturated heterocycles. The second-order valence-electron chi connectivity index (χ2n) is 11.6. The van der Waals surface area contributed by atoms with Gasteiger partial charge in [0.1, 0.15) is 17.6 Å². The zero-order chi connectivity index (χ0) is 26.7. The highest BCUT2D eigenvalue weighted by Crippen LogP contribution is 2.40. The lowest BCUT2D eigenvalue weighted by Gasteiger charge is -2.35. The molecule has 3 aliphatic rings. The van der Waals surface area contributed by atoms with Crippen LogP contribution in [0.25, 0.3) is 0 Å². The largest absolute Gasteiger partial charge is 0.480 e. The minimum atomic E-state index is -2.91. The zero-order valence-corrected chi connectivity index (χ0v) is 21.8. The van der Waals surface area contributed by atoms with E-state index in [9.17, 15) is 23.1 Å². The van der Waals surface area contributed by atoms with Gasteiger partial charge < -0.3 is 10.0 Å². The number of hydrogen-bond acceptors (Lipinski definition) is 4. The van der Waals surface area contributed by atoms with Crippen molar-refractivity contribution < 1.29 is 23.1 Å². The number of carboxylic acids is 1. The molecule has 0 amide bonds. The predicted octanol–water partition coefficient (Wildman–Crippen LogP) is 5.77. The third-order valence-electron chi connectivity index (χ3n) is 8.83. The summed E-state index contributed by atoms with van der Waals surface area (Å²) in [6, 6.07) is 10.9. The van der Waals surface area contributed by atoms with Gasteiger partial charge in [0, 0.05) is 38.2 Å². The van der Waals surface area contributed by atoms with E-state index in [-0.39, 0.29) is 35.7 Å². The molecule has 2 aliphatic heterocycles. The van der Waals surface area contributed by atoms with E-state index >= 15 is 0 Å². The Bertz CT molecular complexity index is 1070. The Morgan fingerprint density at radius 1 is 1.05 bits per heavy atom. The van der Waals surface area contributed by atoms with E-state index < -0.39 is 17.9 Å². The van der Waals surface area contributed by atoms with Crippen LogP contribution in [-0.4, -0.2) is 64.6 Å². The number of aliphatic carboxylic acids is 1. The summed E-state index contributed by atoms with van der Waals surface area (Å²) in [6.07, 6.45) is 6.35. The Hall–Kier alpha value is -2.45. The van der Waals surface area contributed by atoms with Gasteiger partial charge in [-0.05, 0) is 86.4 Å². The number of pyridine rings is 1. The van der Waals surface area contributed by atoms with Crippen molar-refractivity contribution in [2.45, 2.75) is 62.8 Å². The third kappa shape index (κ3) is 6.75. The Morgan fingerprint density at radius 3 is 2.50 bits per heavy atom. The predicted molar refractivity (Wildman–Crippen MR) is 139 cm³/mol. The average Bonchev–Trinajstić information content (AvgIpc) is 3.65. The monoisotopic (exact) mass is 529 g/mol. The van der Waals surface area contributed by atoms with E-state index in [4.69, 9.17) is 0 Å². The summed E-state index contributed by atoms with van der Waals surface area (Å²) in [7, 11) is 0. The van der Waals surface area contributed by atoms with E-state index in [0.29, 0.717) is 31.8 Å². The van der Waals surface area contributed by atoms with Crippen molar-refractivity contribution in [2.24, 2.45) is 17.8 Å². The molecular formula is C30H38F3N3O2. The number of hydrogen-bond donors (Lipinski definition) is 1. The van der Waals surface area contributed by atoms with Gasteiger partial charge in [0.05, 0.1) is 0 Å². The van der Waals surface area contributed by atoms with E-state index in [1.165, 1.54) is 18.3 Å². The molecule has 2 aromatic rings. The molecule has 1 aromatic heterocycles. The molecule has 5 rings (SSSR count). The molecule has 0 radical (unpaired) electrons. The number of rotatable bonds is 11. The summed E-state index contributed by atoms with van der Waals surface area (Å²) in [5.74, 6) is -2.91. The minimum Gasteiger partial charge on any atom is -0.480 e. The third-order valence-corrected chi connectivity index (χ3v) is 8.83. The van der Waals surface area contributed by atoms with Crippen LogP contribution in [0.5, 0.6) is 0 Å². The summed E-state index contributed by atoms with van der Waals surface area (Å²) in [4.78, 5) is 20.5. The van der Waals surface area contributed by atoms with Crippen LogP contribution in [0, 0.1) is 23.6 Å². The summed E-state index contributed by atoms with van der Waals surface area (Å²) >= 11 is 0. The average molecular weight is 530 g/mol. The first kappa shape index (κ1) is 27.1. The fourth-order valence-electron chi connectivity index (χ4n) is 6.42. The van der Waals surface area contributed by atoms with Crippen molar-refractivity contribution >= 4 is 5.97 Å². The van der Waals surface area contributed by atoms with Gasteiger partial charge in [-0.1, -0.05) is 31.0 Å². The van der Waals surface area contributed by atoms with Gasteiger partial charge in [0.15, 0.2) is 0 Å². The van der Waals surface area contributed by atoms with Crippen LogP contribution in [0.3, 0.4) is 0 Å². The van der Waals surface area contributed by atoms with Gasteiger partial charge >= 0.3 is 5.97 Å². The van der Waals surface area contributed by atoms with Crippen molar-refractivity contribution in [3.63, 3.8) is 0 Å². The SMILES string of the molecule is O=C(O)[C@@H](CC1CC1)N1C[C@H](CN2CCC(CCC(F)(F)c3ccccn3)CC2)[C@@H](c2cccc(F)c2)C1. The number of piperidine rings is 1. The molecule has 0 spiro atoms. The van der Waals surface area contributed by atoms with Crippen LogP contribution in [0.15, 0.2) is 48.7 Å². The maximum absolute atomic E-state index is 14.6. The molecule has 3 atom stereocenters. The van der Waals surface area contributed by atoms with Crippen LogP contribution >= 0.6 is 0 Å². The molecule has 0 bridgehead atoms.